The maximum Gasteiger partial charge on any atom is 0.317 e. The number of carboxylic acids is 1. The highest BCUT2D eigenvalue weighted by Gasteiger charge is 2.37. The van der Waals surface area contributed by atoms with Gasteiger partial charge in [-0.05, 0) is 62.3 Å². The molecule has 0 spiro atoms. The van der Waals surface area contributed by atoms with E-state index in [4.69, 9.17) is 5.11 Å². The number of rotatable bonds is 8. The quantitative estimate of drug-likeness (QED) is 0.651. The van der Waals surface area contributed by atoms with E-state index in [1.165, 1.54) is 6.07 Å². The molecule has 27 heavy (non-hydrogen) atoms. The van der Waals surface area contributed by atoms with E-state index in [0.29, 0.717) is 18.0 Å². The minimum Gasteiger partial charge on any atom is -0.480 e. The standard InChI is InChI=1S/C20H28FN3O3/c1-3-24(11-18(25)26)16-9-15(10-16)22-20(27)23-19(13-4-5-13)14-6-7-17(21)12(2)8-14/h6-8,13,15-16,19H,3-5,9-11H2,1-2H3,(H,25,26)(H2,22,23,27). The van der Waals surface area contributed by atoms with Crippen LogP contribution in [0.25, 0.3) is 0 Å². The summed E-state index contributed by atoms with van der Waals surface area (Å²) >= 11 is 0. The van der Waals surface area contributed by atoms with Crippen molar-refractivity contribution in [2.45, 2.75) is 57.7 Å². The predicted molar refractivity (Wildman–Crippen MR) is 100.0 cm³/mol. The Morgan fingerprint density at radius 2 is 2.04 bits per heavy atom. The number of urea groups is 1. The van der Waals surface area contributed by atoms with Crippen LogP contribution < -0.4 is 10.6 Å². The molecule has 6 nitrogen and oxygen atoms in total. The van der Waals surface area contributed by atoms with Gasteiger partial charge in [0.1, 0.15) is 5.82 Å². The summed E-state index contributed by atoms with van der Waals surface area (Å²) in [7, 11) is 0. The average molecular weight is 377 g/mol. The van der Waals surface area contributed by atoms with Crippen molar-refractivity contribution in [2.24, 2.45) is 5.92 Å². The summed E-state index contributed by atoms with van der Waals surface area (Å²) in [4.78, 5) is 25.3. The van der Waals surface area contributed by atoms with Crippen LogP contribution in [0.2, 0.25) is 0 Å². The van der Waals surface area contributed by atoms with Gasteiger partial charge in [0.05, 0.1) is 12.6 Å². The second-order valence-corrected chi connectivity index (χ2v) is 7.72. The SMILES string of the molecule is CCN(CC(=O)O)C1CC(NC(=O)NC(c2ccc(F)c(C)c2)C2CC2)C1. The average Bonchev–Trinajstić information content (AvgIpc) is 3.41. The van der Waals surface area contributed by atoms with Crippen molar-refractivity contribution in [3.8, 4) is 0 Å². The molecule has 1 unspecified atom stereocenters. The molecule has 2 aliphatic rings. The lowest BCUT2D eigenvalue weighted by molar-refractivity contribution is -0.139. The summed E-state index contributed by atoms with van der Waals surface area (Å²) < 4.78 is 13.5. The lowest BCUT2D eigenvalue weighted by atomic mass is 9.85. The Labute approximate surface area is 159 Å². The van der Waals surface area contributed by atoms with Gasteiger partial charge in [-0.2, -0.15) is 0 Å². The molecule has 7 heteroatoms. The summed E-state index contributed by atoms with van der Waals surface area (Å²) in [5, 5.41) is 15.0. The van der Waals surface area contributed by atoms with Crippen LogP contribution in [0.5, 0.6) is 0 Å². The minimum atomic E-state index is -0.826. The van der Waals surface area contributed by atoms with Gasteiger partial charge in [0.25, 0.3) is 0 Å². The van der Waals surface area contributed by atoms with Crippen molar-refractivity contribution < 1.29 is 19.1 Å². The van der Waals surface area contributed by atoms with Crippen LogP contribution in [-0.2, 0) is 4.79 Å². The van der Waals surface area contributed by atoms with E-state index in [9.17, 15) is 14.0 Å². The number of carboxylic acid groups (broad SMARTS) is 1. The second kappa shape index (κ2) is 8.25. The monoisotopic (exact) mass is 377 g/mol. The highest BCUT2D eigenvalue weighted by atomic mass is 19.1. The Balaban J connectivity index is 1.51. The van der Waals surface area contributed by atoms with Gasteiger partial charge in [-0.25, -0.2) is 9.18 Å². The van der Waals surface area contributed by atoms with Crippen LogP contribution in [0.15, 0.2) is 18.2 Å². The van der Waals surface area contributed by atoms with Gasteiger partial charge >= 0.3 is 12.0 Å². The zero-order valence-electron chi connectivity index (χ0n) is 15.9. The number of carbonyl (C=O) groups excluding carboxylic acids is 1. The number of halogens is 1. The largest absolute Gasteiger partial charge is 0.480 e. The molecule has 3 N–H and O–H groups in total. The predicted octanol–water partition coefficient (Wildman–Crippen LogP) is 2.82. The van der Waals surface area contributed by atoms with Crippen molar-refractivity contribution in [3.05, 3.63) is 35.1 Å². The van der Waals surface area contributed by atoms with Crippen molar-refractivity contribution >= 4 is 12.0 Å². The minimum absolute atomic E-state index is 0.0355. The molecule has 2 fully saturated rings. The Morgan fingerprint density at radius 1 is 1.33 bits per heavy atom. The first-order valence-electron chi connectivity index (χ1n) is 9.66. The number of hydrogen-bond acceptors (Lipinski definition) is 3. The first-order valence-corrected chi connectivity index (χ1v) is 9.66. The Kier molecular flexibility index (Phi) is 5.99. The topological polar surface area (TPSA) is 81.7 Å². The first kappa shape index (κ1) is 19.6. The highest BCUT2D eigenvalue weighted by Crippen LogP contribution is 2.41. The molecule has 2 amide bonds. The highest BCUT2D eigenvalue weighted by molar-refractivity contribution is 5.75. The van der Waals surface area contributed by atoms with Gasteiger partial charge < -0.3 is 15.7 Å². The van der Waals surface area contributed by atoms with Gasteiger partial charge in [0.15, 0.2) is 0 Å². The molecule has 2 saturated carbocycles. The third kappa shape index (κ3) is 4.97. The molecule has 3 rings (SSSR count). The molecule has 1 atom stereocenters. The summed E-state index contributed by atoms with van der Waals surface area (Å²) in [6.45, 7) is 4.40. The number of nitrogens with zero attached hydrogens (tertiary/aromatic N) is 1. The van der Waals surface area contributed by atoms with Crippen molar-refractivity contribution in [3.63, 3.8) is 0 Å². The fourth-order valence-electron chi connectivity index (χ4n) is 3.81. The second-order valence-electron chi connectivity index (χ2n) is 7.72. The number of carbonyl (C=O) groups is 2. The van der Waals surface area contributed by atoms with Gasteiger partial charge in [-0.15, -0.1) is 0 Å². The van der Waals surface area contributed by atoms with Crippen molar-refractivity contribution in [1.82, 2.24) is 15.5 Å². The molecule has 2 aliphatic carbocycles. The van der Waals surface area contributed by atoms with Gasteiger partial charge in [-0.1, -0.05) is 19.1 Å². The number of benzene rings is 1. The zero-order valence-corrected chi connectivity index (χ0v) is 15.9. The van der Waals surface area contributed by atoms with Crippen LogP contribution in [-0.4, -0.2) is 47.2 Å². The Hall–Kier alpha value is -2.15. The molecule has 0 bridgehead atoms. The van der Waals surface area contributed by atoms with Crippen molar-refractivity contribution in [2.75, 3.05) is 13.1 Å². The Bertz CT molecular complexity index is 702. The Morgan fingerprint density at radius 3 is 2.59 bits per heavy atom. The number of amides is 2. The smallest absolute Gasteiger partial charge is 0.317 e. The summed E-state index contributed by atoms with van der Waals surface area (Å²) in [5.74, 6) is -0.658. The van der Waals surface area contributed by atoms with E-state index >= 15 is 0 Å². The third-order valence-corrected chi connectivity index (χ3v) is 5.63. The lowest BCUT2D eigenvalue weighted by Crippen LogP contribution is -2.56. The molecular weight excluding hydrogens is 349 g/mol. The summed E-state index contributed by atoms with van der Waals surface area (Å²) in [5.41, 5.74) is 1.52. The van der Waals surface area contributed by atoms with E-state index in [2.05, 4.69) is 10.6 Å². The van der Waals surface area contributed by atoms with E-state index in [1.807, 2.05) is 17.9 Å². The number of likely N-dealkylation sites (N-methyl/N-ethyl adjacent to an activating group) is 1. The first-order chi connectivity index (χ1) is 12.9. The fourth-order valence-corrected chi connectivity index (χ4v) is 3.81. The van der Waals surface area contributed by atoms with E-state index < -0.39 is 5.97 Å². The molecular formula is C20H28FN3O3. The van der Waals surface area contributed by atoms with E-state index in [1.54, 1.807) is 13.0 Å². The molecule has 0 aliphatic heterocycles. The summed E-state index contributed by atoms with van der Waals surface area (Å²) in [6.07, 6.45) is 3.65. The van der Waals surface area contributed by atoms with Crippen LogP contribution in [0, 0.1) is 18.7 Å². The maximum absolute atomic E-state index is 13.5. The zero-order chi connectivity index (χ0) is 19.6. The number of hydrogen-bond donors (Lipinski definition) is 3. The van der Waals surface area contributed by atoms with Crippen molar-refractivity contribution in [1.29, 1.82) is 0 Å². The van der Waals surface area contributed by atoms with E-state index in [0.717, 1.165) is 31.2 Å². The molecule has 1 aromatic carbocycles. The van der Waals surface area contributed by atoms with E-state index in [-0.39, 0.29) is 36.5 Å². The van der Waals surface area contributed by atoms with Crippen LogP contribution in [0.4, 0.5) is 9.18 Å². The maximum atomic E-state index is 13.5. The molecule has 0 heterocycles. The summed E-state index contributed by atoms with van der Waals surface area (Å²) in [6, 6.07) is 4.97. The number of nitrogens with one attached hydrogen (secondary N) is 2. The van der Waals surface area contributed by atoms with Gasteiger partial charge in [-0.3, -0.25) is 9.69 Å². The fraction of sp³-hybridized carbons (Fsp3) is 0.600. The lowest BCUT2D eigenvalue weighted by Gasteiger charge is -2.42. The van der Waals surface area contributed by atoms with Crippen LogP contribution in [0.1, 0.15) is 49.8 Å². The molecule has 1 aromatic rings. The third-order valence-electron chi connectivity index (χ3n) is 5.63. The molecule has 148 valence electrons. The molecule has 0 aromatic heterocycles. The van der Waals surface area contributed by atoms with Crippen LogP contribution in [0.3, 0.4) is 0 Å². The van der Waals surface area contributed by atoms with Gasteiger partial charge in [0.2, 0.25) is 0 Å². The van der Waals surface area contributed by atoms with Gasteiger partial charge in [0, 0.05) is 12.1 Å². The van der Waals surface area contributed by atoms with Crippen LogP contribution >= 0.6 is 0 Å². The molecule has 0 saturated heterocycles. The normalized spacial score (nSPS) is 22.8. The number of aliphatic carboxylic acids is 1. The number of aryl methyl sites for hydroxylation is 1. The molecule has 0 radical (unpaired) electrons.